The Balaban J connectivity index is 1.89. The van der Waals surface area contributed by atoms with Crippen LogP contribution < -0.4 is 4.90 Å². The van der Waals surface area contributed by atoms with Crippen molar-refractivity contribution in [1.29, 1.82) is 0 Å². The van der Waals surface area contributed by atoms with Gasteiger partial charge in [-0.05, 0) is 18.2 Å². The van der Waals surface area contributed by atoms with Gasteiger partial charge >= 0.3 is 12.1 Å². The predicted octanol–water partition coefficient (Wildman–Crippen LogP) is 4.27. The summed E-state index contributed by atoms with van der Waals surface area (Å²) in [6.45, 7) is -0.410. The fourth-order valence-electron chi connectivity index (χ4n) is 2.77. The number of aliphatic imine (C=N–C) groups is 1. The lowest BCUT2D eigenvalue weighted by Gasteiger charge is -2.19. The fraction of sp³-hybridized carbons (Fsp3) is 0.263. The van der Waals surface area contributed by atoms with Crippen LogP contribution >= 0.6 is 0 Å². The van der Waals surface area contributed by atoms with Gasteiger partial charge in [0.1, 0.15) is 6.54 Å². The first kappa shape index (κ1) is 23.7. The lowest BCUT2D eigenvalue weighted by Crippen LogP contribution is -2.40. The van der Waals surface area contributed by atoms with Gasteiger partial charge < -0.3 is 4.90 Å². The second-order valence-corrected chi connectivity index (χ2v) is 6.94. The Labute approximate surface area is 182 Å². The molecule has 0 atom stereocenters. The van der Waals surface area contributed by atoms with Crippen LogP contribution in [-0.4, -0.2) is 51.0 Å². The molecule has 3 rings (SSSR count). The zero-order valence-corrected chi connectivity index (χ0v) is 17.0. The molecule has 0 saturated heterocycles. The third-order valence-electron chi connectivity index (χ3n) is 4.68. The van der Waals surface area contributed by atoms with Gasteiger partial charge in [0.15, 0.2) is 5.82 Å². The van der Waals surface area contributed by atoms with Crippen LogP contribution in [0.15, 0.2) is 41.7 Å². The molecular formula is C19H15F5N6O3. The molecule has 0 N–H and O–H groups in total. The molecule has 0 aliphatic carbocycles. The van der Waals surface area contributed by atoms with E-state index >= 15 is 0 Å². The lowest BCUT2D eigenvalue weighted by molar-refractivity contribution is -0.384. The van der Waals surface area contributed by atoms with E-state index in [0.717, 1.165) is 18.6 Å². The maximum atomic E-state index is 13.3. The van der Waals surface area contributed by atoms with Crippen LogP contribution in [0.2, 0.25) is 0 Å². The van der Waals surface area contributed by atoms with Crippen LogP contribution in [0, 0.1) is 10.1 Å². The van der Waals surface area contributed by atoms with Crippen LogP contribution in [-0.2, 0) is 11.3 Å². The fourth-order valence-corrected chi connectivity index (χ4v) is 2.77. The molecule has 1 amide bonds. The molecule has 3 aromatic rings. The number of alkyl halides is 5. The zero-order valence-electron chi connectivity index (χ0n) is 17.0. The number of carbonyl (C=O) groups is 1. The number of pyridine rings is 1. The van der Waals surface area contributed by atoms with E-state index in [1.807, 2.05) is 0 Å². The van der Waals surface area contributed by atoms with Crippen molar-refractivity contribution in [3.63, 3.8) is 0 Å². The number of benzene rings is 1. The van der Waals surface area contributed by atoms with Gasteiger partial charge in [0.05, 0.1) is 34.1 Å². The molecule has 1 aromatic carbocycles. The normalized spacial score (nSPS) is 12.5. The second-order valence-electron chi connectivity index (χ2n) is 6.94. The lowest BCUT2D eigenvalue weighted by atomic mass is 10.1. The van der Waals surface area contributed by atoms with Crippen molar-refractivity contribution >= 4 is 40.2 Å². The smallest absolute Gasteiger partial charge is 0.315 e. The molecule has 0 fully saturated rings. The molecule has 0 radical (unpaired) electrons. The van der Waals surface area contributed by atoms with Gasteiger partial charge in [0.2, 0.25) is 5.91 Å². The highest BCUT2D eigenvalue weighted by atomic mass is 19.4. The molecule has 0 saturated carbocycles. The van der Waals surface area contributed by atoms with E-state index in [9.17, 15) is 36.9 Å². The average molecular weight is 470 g/mol. The molecule has 2 aromatic heterocycles. The highest BCUT2D eigenvalue weighted by Gasteiger charge is 2.57. The van der Waals surface area contributed by atoms with Gasteiger partial charge in [-0.15, -0.1) is 0 Å². The van der Waals surface area contributed by atoms with E-state index < -0.39 is 23.6 Å². The maximum absolute atomic E-state index is 13.3. The number of aromatic nitrogens is 3. The molecule has 0 bridgehead atoms. The number of halogens is 5. The van der Waals surface area contributed by atoms with E-state index in [2.05, 4.69) is 15.1 Å². The average Bonchev–Trinajstić information content (AvgIpc) is 3.12. The monoisotopic (exact) mass is 470 g/mol. The molecule has 0 aliphatic rings. The third-order valence-corrected chi connectivity index (χ3v) is 4.68. The molecule has 14 heteroatoms. The topological polar surface area (TPSA) is 107 Å². The van der Waals surface area contributed by atoms with E-state index in [0.29, 0.717) is 10.4 Å². The van der Waals surface area contributed by atoms with Crippen LogP contribution in [0.5, 0.6) is 0 Å². The van der Waals surface area contributed by atoms with E-state index in [1.165, 1.54) is 43.1 Å². The van der Waals surface area contributed by atoms with Crippen molar-refractivity contribution in [2.75, 3.05) is 11.9 Å². The summed E-state index contributed by atoms with van der Waals surface area (Å²) in [7, 11) is 1.46. The van der Waals surface area contributed by atoms with Gasteiger partial charge in [-0.1, -0.05) is 0 Å². The van der Waals surface area contributed by atoms with E-state index in [-0.39, 0.29) is 33.9 Å². The Hall–Kier alpha value is -3.97. The van der Waals surface area contributed by atoms with E-state index in [1.54, 1.807) is 0 Å². The van der Waals surface area contributed by atoms with Crippen molar-refractivity contribution < 1.29 is 31.7 Å². The molecule has 33 heavy (non-hydrogen) atoms. The second kappa shape index (κ2) is 8.52. The Bertz CT molecular complexity index is 1250. The van der Waals surface area contributed by atoms with Crippen LogP contribution in [0.1, 0.15) is 12.5 Å². The summed E-state index contributed by atoms with van der Waals surface area (Å²) in [5.74, 6) is -5.29. The summed E-state index contributed by atoms with van der Waals surface area (Å²) in [5.41, 5.74) is 0.00480. The molecule has 174 valence electrons. The SMILES string of the molecule is CC(=O)N(C)c1ccc(/C=N/c2cc3cnn(CC(F)(F)C(F)(F)F)c3cn2)c([N+](=O)[O-])c1. The van der Waals surface area contributed by atoms with Crippen molar-refractivity contribution in [2.45, 2.75) is 25.6 Å². The van der Waals surface area contributed by atoms with Gasteiger partial charge in [0.25, 0.3) is 5.69 Å². The van der Waals surface area contributed by atoms with Gasteiger partial charge in [0, 0.05) is 31.6 Å². The van der Waals surface area contributed by atoms with Gasteiger partial charge in [-0.2, -0.15) is 27.1 Å². The van der Waals surface area contributed by atoms with Crippen LogP contribution in [0.4, 0.5) is 39.1 Å². The Morgan fingerprint density at radius 1 is 1.24 bits per heavy atom. The number of fused-ring (bicyclic) bond motifs is 1. The van der Waals surface area contributed by atoms with Gasteiger partial charge in [-0.3, -0.25) is 19.6 Å². The first-order valence-corrected chi connectivity index (χ1v) is 9.13. The van der Waals surface area contributed by atoms with Crippen LogP contribution in [0.3, 0.4) is 0 Å². The number of rotatable bonds is 6. The Morgan fingerprint density at radius 3 is 2.55 bits per heavy atom. The molecule has 2 heterocycles. The molecular weight excluding hydrogens is 455 g/mol. The predicted molar refractivity (Wildman–Crippen MR) is 108 cm³/mol. The first-order valence-electron chi connectivity index (χ1n) is 9.13. The Morgan fingerprint density at radius 2 is 1.94 bits per heavy atom. The highest BCUT2D eigenvalue weighted by molar-refractivity contribution is 5.94. The minimum atomic E-state index is -5.73. The minimum absolute atomic E-state index is 0.0175. The summed E-state index contributed by atoms with van der Waals surface area (Å²) in [4.78, 5) is 31.4. The Kier molecular flexibility index (Phi) is 6.12. The molecule has 0 unspecified atom stereocenters. The number of nitro groups is 1. The van der Waals surface area contributed by atoms with Crippen molar-refractivity contribution in [3.8, 4) is 0 Å². The van der Waals surface area contributed by atoms with Crippen LogP contribution in [0.25, 0.3) is 10.9 Å². The number of nitrogens with zero attached hydrogens (tertiary/aromatic N) is 6. The van der Waals surface area contributed by atoms with Crippen molar-refractivity contribution in [1.82, 2.24) is 14.8 Å². The standard InChI is InChI=1S/C19H15F5N6O3/c1-11(31)28(2)14-4-3-12(15(6-14)30(32)33)7-25-17-5-13-8-27-29(16(13)9-26-17)10-18(20,21)19(22,23)24/h3-9H,10H2,1-2H3/b25-7+. The van der Waals surface area contributed by atoms with Crippen molar-refractivity contribution in [2.24, 2.45) is 4.99 Å². The summed E-state index contributed by atoms with van der Waals surface area (Å²) in [6.07, 6.45) is -2.48. The summed E-state index contributed by atoms with van der Waals surface area (Å²) >= 11 is 0. The van der Waals surface area contributed by atoms with E-state index in [4.69, 9.17) is 0 Å². The number of anilines is 1. The minimum Gasteiger partial charge on any atom is -0.315 e. The maximum Gasteiger partial charge on any atom is 0.455 e. The largest absolute Gasteiger partial charge is 0.455 e. The number of amides is 1. The van der Waals surface area contributed by atoms with Gasteiger partial charge in [-0.25, -0.2) is 9.98 Å². The highest BCUT2D eigenvalue weighted by Crippen LogP contribution is 2.37. The van der Waals surface area contributed by atoms with Crippen molar-refractivity contribution in [3.05, 3.63) is 52.3 Å². The summed E-state index contributed by atoms with van der Waals surface area (Å²) in [5, 5.41) is 15.2. The molecule has 0 aliphatic heterocycles. The number of carbonyl (C=O) groups excluding carboxylic acids is 1. The third kappa shape index (κ3) is 4.94. The first-order chi connectivity index (χ1) is 15.3. The summed E-state index contributed by atoms with van der Waals surface area (Å²) in [6, 6.07) is 5.35. The molecule has 9 nitrogen and oxygen atoms in total. The quantitative estimate of drug-likeness (QED) is 0.232. The number of nitro benzene ring substituents is 1. The zero-order chi connectivity index (χ0) is 24.6. The number of hydrogen-bond acceptors (Lipinski definition) is 6. The molecule has 0 spiro atoms. The summed E-state index contributed by atoms with van der Waals surface area (Å²) < 4.78 is 64.5. The number of hydrogen-bond donors (Lipinski definition) is 0.